The van der Waals surface area contributed by atoms with Gasteiger partial charge in [-0.25, -0.2) is 9.37 Å². The average Bonchev–Trinajstić information content (AvgIpc) is 2.87. The molecule has 7 heteroatoms. The van der Waals surface area contributed by atoms with E-state index in [0.717, 1.165) is 5.56 Å². The quantitative estimate of drug-likeness (QED) is 0.774. The van der Waals surface area contributed by atoms with Crippen LogP contribution in [0.3, 0.4) is 0 Å². The van der Waals surface area contributed by atoms with Crippen molar-refractivity contribution >= 4 is 15.9 Å². The second-order valence-corrected chi connectivity index (χ2v) is 5.36. The molecular formula is C14H10BrFN4O. The molecule has 0 bridgehead atoms. The molecule has 2 heterocycles. The minimum Gasteiger partial charge on any atom is -0.306 e. The SMILES string of the molecule is Cn1cc(-c2cc(=O)[nH]c(-c3cc(F)ccc3Br)n2)cn1. The predicted molar refractivity (Wildman–Crippen MR) is 80.2 cm³/mol. The van der Waals surface area contributed by atoms with Gasteiger partial charge in [0.15, 0.2) is 0 Å². The Labute approximate surface area is 127 Å². The van der Waals surface area contributed by atoms with Crippen LogP contribution in [0.2, 0.25) is 0 Å². The summed E-state index contributed by atoms with van der Waals surface area (Å²) in [5.74, 6) is -0.102. The van der Waals surface area contributed by atoms with Gasteiger partial charge in [0.25, 0.3) is 5.56 Å². The highest BCUT2D eigenvalue weighted by molar-refractivity contribution is 9.10. The number of nitrogens with one attached hydrogen (secondary N) is 1. The Hall–Kier alpha value is -2.28. The van der Waals surface area contributed by atoms with Gasteiger partial charge in [-0.15, -0.1) is 0 Å². The molecule has 0 aliphatic heterocycles. The molecule has 0 unspecified atom stereocenters. The monoisotopic (exact) mass is 348 g/mol. The molecule has 1 aromatic carbocycles. The highest BCUT2D eigenvalue weighted by Gasteiger charge is 2.11. The van der Waals surface area contributed by atoms with Crippen molar-refractivity contribution in [3.8, 4) is 22.6 Å². The van der Waals surface area contributed by atoms with Crippen LogP contribution in [0.4, 0.5) is 4.39 Å². The number of halogens is 2. The third-order valence-corrected chi connectivity index (χ3v) is 3.62. The lowest BCUT2D eigenvalue weighted by atomic mass is 10.2. The van der Waals surface area contributed by atoms with Crippen molar-refractivity contribution in [1.29, 1.82) is 0 Å². The molecule has 21 heavy (non-hydrogen) atoms. The smallest absolute Gasteiger partial charge is 0.251 e. The first-order chi connectivity index (χ1) is 10.0. The standard InChI is InChI=1S/C14H10BrFN4O/c1-20-7-8(6-17-20)12-5-13(21)19-14(18-12)10-4-9(16)2-3-11(10)15/h2-7H,1H3,(H,18,19,21). The molecule has 0 radical (unpaired) electrons. The first-order valence-electron chi connectivity index (χ1n) is 6.09. The van der Waals surface area contributed by atoms with E-state index in [4.69, 9.17) is 0 Å². The van der Waals surface area contributed by atoms with Crippen LogP contribution >= 0.6 is 15.9 Å². The van der Waals surface area contributed by atoms with Crippen LogP contribution in [-0.4, -0.2) is 19.7 Å². The van der Waals surface area contributed by atoms with Crippen LogP contribution in [0.15, 0.2) is 45.9 Å². The molecule has 0 amide bonds. The van der Waals surface area contributed by atoms with E-state index in [-0.39, 0.29) is 5.56 Å². The second kappa shape index (κ2) is 5.25. The van der Waals surface area contributed by atoms with Crippen LogP contribution in [0.25, 0.3) is 22.6 Å². The lowest BCUT2D eigenvalue weighted by Crippen LogP contribution is -2.08. The van der Waals surface area contributed by atoms with Gasteiger partial charge >= 0.3 is 0 Å². The summed E-state index contributed by atoms with van der Waals surface area (Å²) in [7, 11) is 1.78. The summed E-state index contributed by atoms with van der Waals surface area (Å²) in [5, 5.41) is 4.05. The van der Waals surface area contributed by atoms with Crippen molar-refractivity contribution in [1.82, 2.24) is 19.7 Å². The average molecular weight is 349 g/mol. The number of rotatable bonds is 2. The van der Waals surface area contributed by atoms with Crippen LogP contribution < -0.4 is 5.56 Å². The number of hydrogen-bond donors (Lipinski definition) is 1. The number of hydrogen-bond acceptors (Lipinski definition) is 3. The van der Waals surface area contributed by atoms with Gasteiger partial charge in [-0.2, -0.15) is 5.10 Å². The number of H-pyrrole nitrogens is 1. The number of aromatic nitrogens is 4. The van der Waals surface area contributed by atoms with Crippen LogP contribution in [-0.2, 0) is 7.05 Å². The molecule has 0 saturated heterocycles. The minimum absolute atomic E-state index is 0.299. The lowest BCUT2D eigenvalue weighted by molar-refractivity contribution is 0.628. The van der Waals surface area contributed by atoms with Gasteiger partial charge < -0.3 is 4.98 Å². The van der Waals surface area contributed by atoms with Gasteiger partial charge in [-0.3, -0.25) is 9.48 Å². The molecule has 0 atom stereocenters. The van der Waals surface area contributed by atoms with Crippen molar-refractivity contribution < 1.29 is 4.39 Å². The van der Waals surface area contributed by atoms with Crippen LogP contribution in [0.1, 0.15) is 0 Å². The lowest BCUT2D eigenvalue weighted by Gasteiger charge is -2.05. The van der Waals surface area contributed by atoms with E-state index in [2.05, 4.69) is 31.0 Å². The first kappa shape index (κ1) is 13.7. The molecule has 1 N–H and O–H groups in total. The molecule has 106 valence electrons. The van der Waals surface area contributed by atoms with Gasteiger partial charge in [-0.1, -0.05) is 15.9 Å². The molecule has 0 fully saturated rings. The van der Waals surface area contributed by atoms with E-state index in [1.807, 2.05) is 0 Å². The van der Waals surface area contributed by atoms with Crippen molar-refractivity contribution in [2.75, 3.05) is 0 Å². The molecule has 2 aromatic heterocycles. The third kappa shape index (κ3) is 2.78. The van der Waals surface area contributed by atoms with Crippen molar-refractivity contribution in [2.24, 2.45) is 7.05 Å². The Bertz CT molecular complexity index is 871. The second-order valence-electron chi connectivity index (χ2n) is 4.51. The van der Waals surface area contributed by atoms with Gasteiger partial charge in [-0.05, 0) is 18.2 Å². The Kier molecular flexibility index (Phi) is 3.42. The van der Waals surface area contributed by atoms with E-state index in [9.17, 15) is 9.18 Å². The number of nitrogens with zero attached hydrogens (tertiary/aromatic N) is 3. The van der Waals surface area contributed by atoms with Crippen LogP contribution in [0, 0.1) is 5.82 Å². The van der Waals surface area contributed by atoms with E-state index >= 15 is 0 Å². The topological polar surface area (TPSA) is 63.6 Å². The molecule has 0 saturated carbocycles. The Morgan fingerprint density at radius 3 is 2.86 bits per heavy atom. The molecule has 3 aromatic rings. The Balaban J connectivity index is 2.18. The summed E-state index contributed by atoms with van der Waals surface area (Å²) >= 11 is 3.33. The van der Waals surface area contributed by atoms with E-state index < -0.39 is 5.82 Å². The third-order valence-electron chi connectivity index (χ3n) is 2.93. The highest BCUT2D eigenvalue weighted by Crippen LogP contribution is 2.27. The van der Waals surface area contributed by atoms with Crippen molar-refractivity contribution in [3.63, 3.8) is 0 Å². The molecule has 0 aliphatic carbocycles. The summed E-state index contributed by atoms with van der Waals surface area (Å²) < 4.78 is 15.7. The van der Waals surface area contributed by atoms with Gasteiger partial charge in [0.1, 0.15) is 11.6 Å². The van der Waals surface area contributed by atoms with Gasteiger partial charge in [0, 0.05) is 34.9 Å². The fraction of sp³-hybridized carbons (Fsp3) is 0.0714. The minimum atomic E-state index is -0.400. The Morgan fingerprint density at radius 1 is 1.33 bits per heavy atom. The van der Waals surface area contributed by atoms with Crippen molar-refractivity contribution in [3.05, 3.63) is 57.3 Å². The van der Waals surface area contributed by atoms with Crippen LogP contribution in [0.5, 0.6) is 0 Å². The zero-order valence-electron chi connectivity index (χ0n) is 11.0. The number of aryl methyl sites for hydroxylation is 1. The largest absolute Gasteiger partial charge is 0.306 e. The first-order valence-corrected chi connectivity index (χ1v) is 6.88. The van der Waals surface area contributed by atoms with E-state index in [1.54, 1.807) is 30.2 Å². The predicted octanol–water partition coefficient (Wildman–Crippen LogP) is 2.74. The summed E-state index contributed by atoms with van der Waals surface area (Å²) in [5.41, 5.74) is 1.38. The summed E-state index contributed by atoms with van der Waals surface area (Å²) in [4.78, 5) is 18.8. The fourth-order valence-corrected chi connectivity index (χ4v) is 2.40. The summed E-state index contributed by atoms with van der Waals surface area (Å²) in [6.45, 7) is 0. The molecular weight excluding hydrogens is 339 g/mol. The van der Waals surface area contributed by atoms with Crippen molar-refractivity contribution in [2.45, 2.75) is 0 Å². The zero-order chi connectivity index (χ0) is 15.0. The van der Waals surface area contributed by atoms with Gasteiger partial charge in [0.05, 0.1) is 11.9 Å². The Morgan fingerprint density at radius 2 is 2.14 bits per heavy atom. The number of benzene rings is 1. The molecule has 3 rings (SSSR count). The van der Waals surface area contributed by atoms with E-state index in [0.29, 0.717) is 21.6 Å². The zero-order valence-corrected chi connectivity index (χ0v) is 12.6. The summed E-state index contributed by atoms with van der Waals surface area (Å²) in [6.07, 6.45) is 3.37. The maximum absolute atomic E-state index is 13.4. The van der Waals surface area contributed by atoms with Gasteiger partial charge in [0.2, 0.25) is 0 Å². The molecule has 0 spiro atoms. The van der Waals surface area contributed by atoms with E-state index in [1.165, 1.54) is 18.2 Å². The molecule has 0 aliphatic rings. The number of aromatic amines is 1. The fourth-order valence-electron chi connectivity index (χ4n) is 1.97. The molecule has 5 nitrogen and oxygen atoms in total. The summed E-state index contributed by atoms with van der Waals surface area (Å²) in [6, 6.07) is 5.60. The normalized spacial score (nSPS) is 10.8. The maximum atomic E-state index is 13.4. The highest BCUT2D eigenvalue weighted by atomic mass is 79.9. The maximum Gasteiger partial charge on any atom is 0.251 e.